The van der Waals surface area contributed by atoms with Gasteiger partial charge in [-0.25, -0.2) is 4.98 Å². The van der Waals surface area contributed by atoms with Crippen molar-refractivity contribution < 1.29 is 4.79 Å². The molecule has 2 N–H and O–H groups in total. The van der Waals surface area contributed by atoms with Gasteiger partial charge in [0.05, 0.1) is 16.6 Å². The largest absolute Gasteiger partial charge is 0.344 e. The normalized spacial score (nSPS) is 12.8. The highest BCUT2D eigenvalue weighted by Crippen LogP contribution is 2.29. The van der Waals surface area contributed by atoms with Crippen LogP contribution in [0.2, 0.25) is 0 Å². The second-order valence-corrected chi connectivity index (χ2v) is 6.66. The quantitative estimate of drug-likeness (QED) is 0.773. The van der Waals surface area contributed by atoms with E-state index < -0.39 is 0 Å². The minimum Gasteiger partial charge on any atom is -0.344 e. The number of hydrogen-bond acceptors (Lipinski definition) is 4. The van der Waals surface area contributed by atoms with Crippen molar-refractivity contribution in [1.29, 1.82) is 0 Å². The van der Waals surface area contributed by atoms with Crippen LogP contribution in [0.25, 0.3) is 10.1 Å². The maximum atomic E-state index is 12.2. The molecule has 1 unspecified atom stereocenters. The summed E-state index contributed by atoms with van der Waals surface area (Å²) in [6.07, 6.45) is 0. The molecule has 1 amide bonds. The van der Waals surface area contributed by atoms with Crippen molar-refractivity contribution in [2.75, 3.05) is 0 Å². The van der Waals surface area contributed by atoms with Crippen molar-refractivity contribution in [3.8, 4) is 0 Å². The van der Waals surface area contributed by atoms with Crippen LogP contribution in [0.4, 0.5) is 0 Å². The van der Waals surface area contributed by atoms with Gasteiger partial charge < -0.3 is 10.3 Å². The van der Waals surface area contributed by atoms with Crippen LogP contribution in [0, 0.1) is 13.8 Å². The monoisotopic (exact) mass is 305 g/mol. The number of hydrogen-bond donors (Lipinski definition) is 2. The van der Waals surface area contributed by atoms with E-state index in [2.05, 4.69) is 26.0 Å². The number of amides is 1. The molecule has 0 aliphatic heterocycles. The zero-order chi connectivity index (χ0) is 14.3. The number of fused-ring (bicyclic) bond motifs is 1. The Kier molecular flexibility index (Phi) is 3.35. The van der Waals surface area contributed by atoms with E-state index in [9.17, 15) is 4.79 Å². The number of imidazole rings is 1. The summed E-state index contributed by atoms with van der Waals surface area (Å²) >= 11 is 3.18. The Morgan fingerprint density at radius 1 is 1.40 bits per heavy atom. The number of aryl methyl sites for hydroxylation is 2. The Labute approximate surface area is 124 Å². The lowest BCUT2D eigenvalue weighted by atomic mass is 10.3. The molecule has 4 nitrogen and oxygen atoms in total. The van der Waals surface area contributed by atoms with E-state index in [1.54, 1.807) is 11.3 Å². The molecule has 0 aliphatic rings. The topological polar surface area (TPSA) is 57.8 Å². The SMILES string of the molecule is Cc1nc(C(C)NC(=O)c2cc3cscc3s2)[nH]c1C. The molecular weight excluding hydrogens is 290 g/mol. The number of carbonyl (C=O) groups excluding carboxylic acids is 1. The van der Waals surface area contributed by atoms with Gasteiger partial charge in [-0.15, -0.1) is 11.3 Å². The number of nitrogens with zero attached hydrogens (tertiary/aromatic N) is 1. The molecule has 20 heavy (non-hydrogen) atoms. The first-order valence-electron chi connectivity index (χ1n) is 6.34. The number of nitrogens with one attached hydrogen (secondary N) is 2. The van der Waals surface area contributed by atoms with Gasteiger partial charge in [0.2, 0.25) is 0 Å². The molecular formula is C14H15N3OS2. The molecule has 0 bridgehead atoms. The van der Waals surface area contributed by atoms with Crippen molar-refractivity contribution >= 4 is 38.7 Å². The van der Waals surface area contributed by atoms with E-state index in [1.807, 2.05) is 26.8 Å². The molecule has 6 heteroatoms. The van der Waals surface area contributed by atoms with Gasteiger partial charge in [0, 0.05) is 21.2 Å². The molecule has 0 fully saturated rings. The van der Waals surface area contributed by atoms with Crippen molar-refractivity contribution in [1.82, 2.24) is 15.3 Å². The third kappa shape index (κ3) is 2.36. The highest BCUT2D eigenvalue weighted by atomic mass is 32.1. The summed E-state index contributed by atoms with van der Waals surface area (Å²) in [5, 5.41) is 8.26. The molecule has 0 spiro atoms. The molecule has 3 aromatic rings. The molecule has 1 atom stereocenters. The highest BCUT2D eigenvalue weighted by molar-refractivity contribution is 7.24. The summed E-state index contributed by atoms with van der Waals surface area (Å²) < 4.78 is 1.16. The molecule has 3 aromatic heterocycles. The summed E-state index contributed by atoms with van der Waals surface area (Å²) in [5.74, 6) is 0.751. The summed E-state index contributed by atoms with van der Waals surface area (Å²) in [6.45, 7) is 5.87. The zero-order valence-corrected chi connectivity index (χ0v) is 13.1. The van der Waals surface area contributed by atoms with Crippen LogP contribution in [0.3, 0.4) is 0 Å². The van der Waals surface area contributed by atoms with Crippen molar-refractivity contribution in [2.24, 2.45) is 0 Å². The number of thiophene rings is 2. The fourth-order valence-corrected chi connectivity index (χ4v) is 3.91. The molecule has 3 heterocycles. The number of carbonyl (C=O) groups is 1. The van der Waals surface area contributed by atoms with Crippen molar-refractivity contribution in [3.05, 3.63) is 38.9 Å². The van der Waals surface area contributed by atoms with E-state index in [0.717, 1.165) is 32.2 Å². The van der Waals surface area contributed by atoms with Gasteiger partial charge in [0.25, 0.3) is 5.91 Å². The molecule has 3 rings (SSSR count). The van der Waals surface area contributed by atoms with Crippen LogP contribution in [0.5, 0.6) is 0 Å². The van der Waals surface area contributed by atoms with Crippen molar-refractivity contribution in [3.63, 3.8) is 0 Å². The predicted molar refractivity (Wildman–Crippen MR) is 83.6 cm³/mol. The second kappa shape index (κ2) is 5.03. The Hall–Kier alpha value is -1.66. The zero-order valence-electron chi connectivity index (χ0n) is 11.5. The van der Waals surface area contributed by atoms with Crippen LogP contribution in [-0.2, 0) is 0 Å². The first kappa shape index (κ1) is 13.3. The number of aromatic nitrogens is 2. The summed E-state index contributed by atoms with van der Waals surface area (Å²) in [7, 11) is 0. The van der Waals surface area contributed by atoms with Gasteiger partial charge in [0.15, 0.2) is 0 Å². The molecule has 0 radical (unpaired) electrons. The summed E-state index contributed by atoms with van der Waals surface area (Å²) in [5.41, 5.74) is 2.01. The Morgan fingerprint density at radius 3 is 2.85 bits per heavy atom. The van der Waals surface area contributed by atoms with Gasteiger partial charge in [-0.05, 0) is 32.2 Å². The van der Waals surface area contributed by atoms with Crippen LogP contribution in [-0.4, -0.2) is 15.9 Å². The molecule has 0 saturated heterocycles. The van der Waals surface area contributed by atoms with E-state index in [-0.39, 0.29) is 11.9 Å². The van der Waals surface area contributed by atoms with Gasteiger partial charge >= 0.3 is 0 Å². The predicted octanol–water partition coefficient (Wildman–Crippen LogP) is 3.79. The molecule has 0 aromatic carbocycles. The fourth-order valence-electron chi connectivity index (χ4n) is 2.00. The first-order valence-corrected chi connectivity index (χ1v) is 8.10. The fraction of sp³-hybridized carbons (Fsp3) is 0.286. The minimum absolute atomic E-state index is 0.0459. The number of aromatic amines is 1. The minimum atomic E-state index is -0.130. The average molecular weight is 305 g/mol. The van der Waals surface area contributed by atoms with Crippen LogP contribution < -0.4 is 5.32 Å². The first-order chi connectivity index (χ1) is 9.54. The van der Waals surface area contributed by atoms with E-state index in [0.29, 0.717) is 0 Å². The third-order valence-corrected chi connectivity index (χ3v) is 5.30. The van der Waals surface area contributed by atoms with Crippen LogP contribution in [0.15, 0.2) is 16.8 Å². The Bertz CT molecular complexity index is 720. The lowest BCUT2D eigenvalue weighted by molar-refractivity contribution is 0.0942. The summed E-state index contributed by atoms with van der Waals surface area (Å²) in [4.78, 5) is 20.6. The van der Waals surface area contributed by atoms with Gasteiger partial charge in [-0.1, -0.05) is 0 Å². The second-order valence-electron chi connectivity index (χ2n) is 4.83. The Balaban J connectivity index is 1.76. The molecule has 104 valence electrons. The van der Waals surface area contributed by atoms with Crippen LogP contribution in [0.1, 0.15) is 39.8 Å². The van der Waals surface area contributed by atoms with Gasteiger partial charge in [0.1, 0.15) is 5.82 Å². The average Bonchev–Trinajstić information content (AvgIpc) is 3.04. The van der Waals surface area contributed by atoms with Crippen LogP contribution >= 0.6 is 22.7 Å². The highest BCUT2D eigenvalue weighted by Gasteiger charge is 2.16. The third-order valence-electron chi connectivity index (χ3n) is 3.29. The summed E-state index contributed by atoms with van der Waals surface area (Å²) in [6, 6.07) is 1.81. The number of rotatable bonds is 3. The van der Waals surface area contributed by atoms with E-state index >= 15 is 0 Å². The molecule has 0 aliphatic carbocycles. The lowest BCUT2D eigenvalue weighted by Crippen LogP contribution is -2.26. The maximum Gasteiger partial charge on any atom is 0.261 e. The number of H-pyrrole nitrogens is 1. The Morgan fingerprint density at radius 2 is 2.20 bits per heavy atom. The van der Waals surface area contributed by atoms with Crippen molar-refractivity contribution in [2.45, 2.75) is 26.8 Å². The van der Waals surface area contributed by atoms with Gasteiger partial charge in [-0.3, -0.25) is 4.79 Å². The maximum absolute atomic E-state index is 12.2. The van der Waals surface area contributed by atoms with E-state index in [4.69, 9.17) is 0 Å². The standard InChI is InChI=1S/C14H15N3OS2/c1-7-8(2)16-13(15-7)9(3)17-14(18)11-4-10-5-19-6-12(10)20-11/h4-6,9H,1-3H3,(H,15,16)(H,17,18). The lowest BCUT2D eigenvalue weighted by Gasteiger charge is -2.10. The van der Waals surface area contributed by atoms with Gasteiger partial charge in [-0.2, -0.15) is 11.3 Å². The smallest absolute Gasteiger partial charge is 0.261 e. The van der Waals surface area contributed by atoms with E-state index in [1.165, 1.54) is 11.3 Å². The molecule has 0 saturated carbocycles.